The van der Waals surface area contributed by atoms with Crippen molar-refractivity contribution in [1.29, 1.82) is 0 Å². The summed E-state index contributed by atoms with van der Waals surface area (Å²) in [4.78, 5) is 4.93. The zero-order valence-corrected chi connectivity index (χ0v) is 34.4. The van der Waals surface area contributed by atoms with Crippen molar-refractivity contribution in [1.82, 2.24) is 0 Å². The van der Waals surface area contributed by atoms with Crippen LogP contribution in [0.25, 0.3) is 21.9 Å². The highest BCUT2D eigenvalue weighted by Crippen LogP contribution is 2.61. The van der Waals surface area contributed by atoms with Gasteiger partial charge in [-0.25, -0.2) is 0 Å². The maximum Gasteiger partial charge on any atom is 0.0579 e. The van der Waals surface area contributed by atoms with E-state index in [2.05, 4.69) is 221 Å². The molecule has 0 amide bonds. The van der Waals surface area contributed by atoms with Crippen molar-refractivity contribution in [2.75, 3.05) is 9.80 Å². The summed E-state index contributed by atoms with van der Waals surface area (Å²) in [6.07, 6.45) is 0. The molecule has 0 heterocycles. The quantitative estimate of drug-likeness (QED) is 0.144. The highest BCUT2D eigenvalue weighted by atomic mass is 28.4. The number of hydrogen-bond acceptors (Lipinski definition) is 2. The van der Waals surface area contributed by atoms with E-state index < -0.39 is 16.1 Å². The Morgan fingerprint density at radius 2 is 0.830 bits per heavy atom. The molecule has 1 aliphatic carbocycles. The van der Waals surface area contributed by atoms with E-state index in [0.717, 1.165) is 0 Å². The van der Waals surface area contributed by atoms with Crippen LogP contribution in [0.4, 0.5) is 34.1 Å². The van der Waals surface area contributed by atoms with Gasteiger partial charge in [-0.2, -0.15) is 0 Å². The van der Waals surface area contributed by atoms with Gasteiger partial charge in [-0.3, -0.25) is 0 Å². The number of aryl methyl sites for hydroxylation is 2. The SMILES string of the molecule is Cc1ccc(N(c2ccccc2)c2ccc3c(c2)C([Si](C)(C)C)([Si](C)(C)C)c2cc(N(c4ccccc4)c4ccc(C)cc4)c4ccccc4c2-3)cc1. The average molecular weight is 723 g/mol. The minimum absolute atomic E-state index is 0.0648. The summed E-state index contributed by atoms with van der Waals surface area (Å²) in [5.74, 6) is 0. The van der Waals surface area contributed by atoms with Crippen molar-refractivity contribution in [3.05, 3.63) is 180 Å². The predicted molar refractivity (Wildman–Crippen MR) is 236 cm³/mol. The molecule has 1 aliphatic rings. The molecule has 0 bridgehead atoms. The van der Waals surface area contributed by atoms with Gasteiger partial charge < -0.3 is 9.80 Å². The van der Waals surface area contributed by atoms with E-state index in [-0.39, 0.29) is 4.66 Å². The molecule has 53 heavy (non-hydrogen) atoms. The monoisotopic (exact) mass is 722 g/mol. The molecule has 8 rings (SSSR count). The molecule has 4 heteroatoms. The predicted octanol–water partition coefficient (Wildman–Crippen LogP) is 14.4. The molecule has 0 aromatic heterocycles. The van der Waals surface area contributed by atoms with Crippen molar-refractivity contribution >= 4 is 61.0 Å². The number of benzene rings is 7. The first-order chi connectivity index (χ1) is 25.4. The summed E-state index contributed by atoms with van der Waals surface area (Å²) in [6, 6.07) is 59.0. The van der Waals surface area contributed by atoms with Crippen LogP contribution in [0, 0.1) is 13.8 Å². The zero-order valence-electron chi connectivity index (χ0n) is 32.4. The number of nitrogens with zero attached hydrogens (tertiary/aromatic N) is 2. The second-order valence-electron chi connectivity index (χ2n) is 16.9. The van der Waals surface area contributed by atoms with Crippen LogP contribution in [0.1, 0.15) is 22.3 Å². The molecule has 0 saturated carbocycles. The van der Waals surface area contributed by atoms with Crippen LogP contribution in [0.5, 0.6) is 0 Å². The van der Waals surface area contributed by atoms with Gasteiger partial charge in [0.15, 0.2) is 0 Å². The smallest absolute Gasteiger partial charge is 0.0579 e. The van der Waals surface area contributed by atoms with E-state index in [0.29, 0.717) is 0 Å². The van der Waals surface area contributed by atoms with Gasteiger partial charge in [0, 0.05) is 38.5 Å². The van der Waals surface area contributed by atoms with E-state index >= 15 is 0 Å². The molecular weight excluding hydrogens is 673 g/mol. The van der Waals surface area contributed by atoms with Crippen molar-refractivity contribution < 1.29 is 0 Å². The van der Waals surface area contributed by atoms with E-state index in [4.69, 9.17) is 0 Å². The molecule has 0 saturated heterocycles. The third-order valence-corrected chi connectivity index (χ3v) is 21.5. The van der Waals surface area contributed by atoms with E-state index in [9.17, 15) is 0 Å². The van der Waals surface area contributed by atoms with Crippen LogP contribution in [0.15, 0.2) is 158 Å². The average Bonchev–Trinajstić information content (AvgIpc) is 3.46. The van der Waals surface area contributed by atoms with Gasteiger partial charge in [0.05, 0.1) is 21.8 Å². The molecule has 0 radical (unpaired) electrons. The van der Waals surface area contributed by atoms with Crippen LogP contribution in [-0.4, -0.2) is 16.1 Å². The van der Waals surface area contributed by atoms with E-state index in [1.54, 1.807) is 0 Å². The molecule has 7 aromatic carbocycles. The number of rotatable bonds is 8. The normalized spacial score (nSPS) is 13.4. The molecule has 2 nitrogen and oxygen atoms in total. The topological polar surface area (TPSA) is 6.48 Å². The van der Waals surface area contributed by atoms with E-state index in [1.807, 2.05) is 0 Å². The van der Waals surface area contributed by atoms with Gasteiger partial charge in [0.25, 0.3) is 0 Å². The Morgan fingerprint density at radius 1 is 0.396 bits per heavy atom. The van der Waals surface area contributed by atoms with Gasteiger partial charge in [-0.1, -0.05) is 141 Å². The Morgan fingerprint density at radius 3 is 1.36 bits per heavy atom. The fourth-order valence-electron chi connectivity index (χ4n) is 9.63. The number of hydrogen-bond donors (Lipinski definition) is 0. The Balaban J connectivity index is 1.46. The second-order valence-corrected chi connectivity index (χ2v) is 27.9. The molecule has 264 valence electrons. The van der Waals surface area contributed by atoms with Crippen LogP contribution >= 0.6 is 0 Å². The molecule has 0 spiro atoms. The first-order valence-electron chi connectivity index (χ1n) is 18.9. The number of para-hydroxylation sites is 2. The van der Waals surface area contributed by atoms with Crippen LogP contribution in [-0.2, 0) is 4.66 Å². The van der Waals surface area contributed by atoms with Gasteiger partial charge in [-0.15, -0.1) is 0 Å². The molecule has 0 N–H and O–H groups in total. The minimum Gasteiger partial charge on any atom is -0.310 e. The summed E-state index contributed by atoms with van der Waals surface area (Å²) in [5, 5.41) is 2.61. The summed E-state index contributed by atoms with van der Waals surface area (Å²) >= 11 is 0. The third-order valence-electron chi connectivity index (χ3n) is 11.5. The lowest BCUT2D eigenvalue weighted by molar-refractivity contribution is 0.952. The molecule has 0 atom stereocenters. The second kappa shape index (κ2) is 13.0. The number of anilines is 6. The Labute approximate surface area is 318 Å². The Hall–Kier alpha value is -5.17. The molecule has 7 aromatic rings. The zero-order chi connectivity index (χ0) is 37.1. The maximum absolute atomic E-state index is 2.62. The highest BCUT2D eigenvalue weighted by Gasteiger charge is 2.59. The summed E-state index contributed by atoms with van der Waals surface area (Å²) in [6.45, 7) is 20.1. The largest absolute Gasteiger partial charge is 0.310 e. The van der Waals surface area contributed by atoms with Crippen molar-refractivity contribution in [2.24, 2.45) is 0 Å². The fraction of sp³-hybridized carbons (Fsp3) is 0.184. The van der Waals surface area contributed by atoms with Crippen LogP contribution in [0.2, 0.25) is 39.3 Å². The fourth-order valence-corrected chi connectivity index (χ4v) is 22.7. The molecular formula is C49H50N2Si2. The summed E-state index contributed by atoms with van der Waals surface area (Å²) < 4.78 is -0.0648. The number of fused-ring (bicyclic) bond motifs is 5. The van der Waals surface area contributed by atoms with Crippen LogP contribution < -0.4 is 9.80 Å². The standard InChI is InChI=1S/C49H50N2Si2/c1-35-23-27-39(28-24-35)50(37-17-11-9-12-18-37)41-31-32-44-45(33-41)49(52(3,4)5,53(6,7)8)46-34-47(42-21-15-16-22-43(42)48(44)46)51(38-19-13-10-14-20-38)40-29-25-36(2)26-30-40/h9-34H,1-8H3. The Kier molecular flexibility index (Phi) is 8.59. The van der Waals surface area contributed by atoms with Gasteiger partial charge in [0.1, 0.15) is 0 Å². The van der Waals surface area contributed by atoms with Gasteiger partial charge in [0.2, 0.25) is 0 Å². The summed E-state index contributed by atoms with van der Waals surface area (Å²) in [5.41, 5.74) is 15.5. The van der Waals surface area contributed by atoms with E-state index in [1.165, 1.54) is 78.3 Å². The lowest BCUT2D eigenvalue weighted by atomic mass is 9.95. The molecule has 0 fully saturated rings. The Bertz CT molecular complexity index is 2410. The first kappa shape index (κ1) is 34.9. The van der Waals surface area contributed by atoms with Crippen molar-refractivity contribution in [2.45, 2.75) is 57.8 Å². The van der Waals surface area contributed by atoms with Crippen molar-refractivity contribution in [3.63, 3.8) is 0 Å². The van der Waals surface area contributed by atoms with Gasteiger partial charge in [-0.05, 0) is 108 Å². The summed E-state index contributed by atoms with van der Waals surface area (Å²) in [7, 11) is -4.04. The minimum atomic E-state index is -2.02. The lowest BCUT2D eigenvalue weighted by Crippen LogP contribution is -2.63. The molecule has 0 aliphatic heterocycles. The van der Waals surface area contributed by atoms with Crippen LogP contribution in [0.3, 0.4) is 0 Å². The maximum atomic E-state index is 2.62. The first-order valence-corrected chi connectivity index (χ1v) is 25.9. The highest BCUT2D eigenvalue weighted by molar-refractivity contribution is 6.99. The molecule has 0 unspecified atom stereocenters. The third kappa shape index (κ3) is 5.67. The lowest BCUT2D eigenvalue weighted by Gasteiger charge is -2.51. The van der Waals surface area contributed by atoms with Gasteiger partial charge >= 0.3 is 0 Å². The van der Waals surface area contributed by atoms with Crippen molar-refractivity contribution in [3.8, 4) is 11.1 Å².